The number of hydrogen-bond acceptors (Lipinski definition) is 4. The molecule has 0 spiro atoms. The summed E-state index contributed by atoms with van der Waals surface area (Å²) in [5, 5.41) is 13.3. The van der Waals surface area contributed by atoms with Gasteiger partial charge in [0.1, 0.15) is 16.2 Å². The maximum absolute atomic E-state index is 12.5. The lowest BCUT2D eigenvalue weighted by Gasteiger charge is -2.36. The van der Waals surface area contributed by atoms with Gasteiger partial charge in [-0.3, -0.25) is 4.79 Å². The third-order valence-electron chi connectivity index (χ3n) is 5.62. The predicted octanol–water partition coefficient (Wildman–Crippen LogP) is 5.46. The van der Waals surface area contributed by atoms with Gasteiger partial charge in [-0.25, -0.2) is 4.98 Å². The van der Waals surface area contributed by atoms with E-state index >= 15 is 0 Å². The number of thiophene rings is 1. The van der Waals surface area contributed by atoms with E-state index in [9.17, 15) is 10.1 Å². The van der Waals surface area contributed by atoms with Crippen molar-refractivity contribution in [3.63, 3.8) is 0 Å². The Labute approximate surface area is 163 Å². The number of hydrogen-bond donors (Lipinski definition) is 1. The summed E-state index contributed by atoms with van der Waals surface area (Å²) in [7, 11) is 0. The lowest BCUT2D eigenvalue weighted by Crippen LogP contribution is -2.28. The van der Waals surface area contributed by atoms with Crippen LogP contribution in [0.4, 0.5) is 5.00 Å². The molecule has 136 valence electrons. The highest BCUT2D eigenvalue weighted by atomic mass is 35.5. The van der Waals surface area contributed by atoms with Crippen LogP contribution in [0, 0.1) is 22.7 Å². The molecule has 1 atom stereocenters. The van der Waals surface area contributed by atoms with Gasteiger partial charge in [-0.2, -0.15) is 5.26 Å². The van der Waals surface area contributed by atoms with Gasteiger partial charge in [0.15, 0.2) is 0 Å². The first-order chi connectivity index (χ1) is 12.4. The Kier molecular flexibility index (Phi) is 5.36. The molecular weight excluding hydrogens is 366 g/mol. The van der Waals surface area contributed by atoms with Gasteiger partial charge >= 0.3 is 0 Å². The zero-order chi connectivity index (χ0) is 18.9. The molecule has 26 heavy (non-hydrogen) atoms. The summed E-state index contributed by atoms with van der Waals surface area (Å²) >= 11 is 7.54. The molecule has 1 amide bonds. The summed E-state index contributed by atoms with van der Waals surface area (Å²) in [6.07, 6.45) is 5.62. The smallest absolute Gasteiger partial charge is 0.259 e. The minimum atomic E-state index is -0.330. The number of carbonyl (C=O) groups excluding carboxylic acids is 1. The van der Waals surface area contributed by atoms with Gasteiger partial charge in [-0.1, -0.05) is 38.8 Å². The third-order valence-corrected chi connectivity index (χ3v) is 7.10. The van der Waals surface area contributed by atoms with Crippen LogP contribution in [0.2, 0.25) is 5.15 Å². The van der Waals surface area contributed by atoms with Crippen LogP contribution >= 0.6 is 22.9 Å². The molecule has 2 aromatic heterocycles. The number of carbonyl (C=O) groups is 1. The third kappa shape index (κ3) is 3.49. The number of nitrogens with zero attached hydrogens (tertiary/aromatic N) is 2. The van der Waals surface area contributed by atoms with Gasteiger partial charge in [0.25, 0.3) is 5.91 Å². The Hall–Kier alpha value is -1.90. The van der Waals surface area contributed by atoms with Crippen molar-refractivity contribution in [2.24, 2.45) is 11.3 Å². The minimum Gasteiger partial charge on any atom is -0.312 e. The van der Waals surface area contributed by atoms with Crippen LogP contribution < -0.4 is 5.32 Å². The molecule has 0 saturated heterocycles. The Morgan fingerprint density at radius 3 is 2.96 bits per heavy atom. The molecule has 2 aromatic rings. The first-order valence-corrected chi connectivity index (χ1v) is 10.0. The molecule has 3 rings (SSSR count). The first kappa shape index (κ1) is 18.9. The van der Waals surface area contributed by atoms with Gasteiger partial charge in [0.05, 0.1) is 11.1 Å². The number of aromatic nitrogens is 1. The van der Waals surface area contributed by atoms with E-state index in [0.29, 0.717) is 22.0 Å². The molecule has 1 aliphatic carbocycles. The normalized spacial score (nSPS) is 16.7. The standard InChI is InChI=1S/C20H22ClN3OS/c1-4-20(2,3)12-7-8-13-15(11-22)19(26-16(13)10-12)24-18(25)14-6-5-9-23-17(14)21/h5-6,9,12H,4,7-8,10H2,1-3H3,(H,24,25)/t12-/m0/s1. The highest BCUT2D eigenvalue weighted by Crippen LogP contribution is 2.45. The van der Waals surface area contributed by atoms with Crippen LogP contribution in [0.25, 0.3) is 0 Å². The van der Waals surface area contributed by atoms with Gasteiger partial charge in [0.2, 0.25) is 0 Å². The Morgan fingerprint density at radius 2 is 2.31 bits per heavy atom. The number of anilines is 1. The Bertz CT molecular complexity index is 882. The fraction of sp³-hybridized carbons (Fsp3) is 0.450. The van der Waals surface area contributed by atoms with Crippen LogP contribution in [-0.2, 0) is 12.8 Å². The van der Waals surface area contributed by atoms with E-state index in [1.807, 2.05) is 0 Å². The highest BCUT2D eigenvalue weighted by molar-refractivity contribution is 7.16. The van der Waals surface area contributed by atoms with E-state index in [2.05, 4.69) is 37.1 Å². The van der Waals surface area contributed by atoms with Crippen LogP contribution in [0.5, 0.6) is 0 Å². The molecule has 0 unspecified atom stereocenters. The summed E-state index contributed by atoms with van der Waals surface area (Å²) in [5.41, 5.74) is 2.30. The van der Waals surface area contributed by atoms with E-state index in [4.69, 9.17) is 11.6 Å². The van der Waals surface area contributed by atoms with E-state index in [0.717, 1.165) is 31.2 Å². The van der Waals surface area contributed by atoms with Crippen molar-refractivity contribution >= 4 is 33.8 Å². The highest BCUT2D eigenvalue weighted by Gasteiger charge is 2.34. The van der Waals surface area contributed by atoms with Crippen LogP contribution in [0.3, 0.4) is 0 Å². The largest absolute Gasteiger partial charge is 0.312 e. The molecule has 1 N–H and O–H groups in total. The fourth-order valence-corrected chi connectivity index (χ4v) is 4.95. The molecule has 0 radical (unpaired) electrons. The zero-order valence-corrected chi connectivity index (χ0v) is 16.8. The molecule has 0 aromatic carbocycles. The van der Waals surface area contributed by atoms with E-state index < -0.39 is 0 Å². The van der Waals surface area contributed by atoms with E-state index in [-0.39, 0.29) is 16.5 Å². The monoisotopic (exact) mass is 387 g/mol. The number of fused-ring (bicyclic) bond motifs is 1. The molecule has 0 aliphatic heterocycles. The first-order valence-electron chi connectivity index (χ1n) is 8.84. The predicted molar refractivity (Wildman–Crippen MR) is 106 cm³/mol. The van der Waals surface area contributed by atoms with Crippen LogP contribution in [0.15, 0.2) is 18.3 Å². The lowest BCUT2D eigenvalue weighted by atomic mass is 9.69. The average molecular weight is 388 g/mol. The van der Waals surface area contributed by atoms with Crippen LogP contribution in [-0.4, -0.2) is 10.9 Å². The van der Waals surface area contributed by atoms with E-state index in [1.165, 1.54) is 16.2 Å². The number of amides is 1. The molecule has 2 heterocycles. The minimum absolute atomic E-state index is 0.162. The fourth-order valence-electron chi connectivity index (χ4n) is 3.47. The second-order valence-electron chi connectivity index (χ2n) is 7.40. The van der Waals surface area contributed by atoms with E-state index in [1.54, 1.807) is 18.3 Å². The number of nitriles is 1. The summed E-state index contributed by atoms with van der Waals surface area (Å²) in [4.78, 5) is 17.7. The molecule has 0 fully saturated rings. The average Bonchev–Trinajstić information content (AvgIpc) is 2.97. The van der Waals surface area contributed by atoms with Crippen LogP contribution in [0.1, 0.15) is 60.0 Å². The summed E-state index contributed by atoms with van der Waals surface area (Å²) < 4.78 is 0. The number of pyridine rings is 1. The molecule has 6 heteroatoms. The molecule has 1 aliphatic rings. The van der Waals surface area contributed by atoms with Gasteiger partial charge in [-0.15, -0.1) is 11.3 Å². The van der Waals surface area contributed by atoms with Gasteiger partial charge in [-0.05, 0) is 48.3 Å². The van der Waals surface area contributed by atoms with Crippen molar-refractivity contribution in [1.82, 2.24) is 4.98 Å². The number of nitrogens with one attached hydrogen (secondary N) is 1. The summed E-state index contributed by atoms with van der Waals surface area (Å²) in [6, 6.07) is 5.59. The van der Waals surface area contributed by atoms with Crippen molar-refractivity contribution in [3.8, 4) is 6.07 Å². The Balaban J connectivity index is 1.88. The molecule has 0 saturated carbocycles. The lowest BCUT2D eigenvalue weighted by molar-refractivity contribution is 0.102. The van der Waals surface area contributed by atoms with Crippen molar-refractivity contribution in [1.29, 1.82) is 5.26 Å². The van der Waals surface area contributed by atoms with Crippen molar-refractivity contribution in [2.45, 2.75) is 46.5 Å². The molecule has 0 bridgehead atoms. The van der Waals surface area contributed by atoms with Crippen molar-refractivity contribution < 1.29 is 4.79 Å². The quantitative estimate of drug-likeness (QED) is 0.708. The summed E-state index contributed by atoms with van der Waals surface area (Å²) in [5.74, 6) is 0.269. The summed E-state index contributed by atoms with van der Waals surface area (Å²) in [6.45, 7) is 6.86. The maximum Gasteiger partial charge on any atom is 0.259 e. The maximum atomic E-state index is 12.5. The zero-order valence-electron chi connectivity index (χ0n) is 15.2. The number of rotatable bonds is 4. The van der Waals surface area contributed by atoms with Gasteiger partial charge in [0, 0.05) is 11.1 Å². The second kappa shape index (κ2) is 7.38. The van der Waals surface area contributed by atoms with Crippen molar-refractivity contribution in [2.75, 3.05) is 5.32 Å². The topological polar surface area (TPSA) is 65.8 Å². The van der Waals surface area contributed by atoms with Crippen molar-refractivity contribution in [3.05, 3.63) is 45.1 Å². The number of halogens is 1. The van der Waals surface area contributed by atoms with Gasteiger partial charge < -0.3 is 5.32 Å². The molecule has 4 nitrogen and oxygen atoms in total. The second-order valence-corrected chi connectivity index (χ2v) is 8.86. The molecular formula is C20H22ClN3OS. The SMILES string of the molecule is CCC(C)(C)[C@H]1CCc2c(sc(NC(=O)c3cccnc3Cl)c2C#N)C1. The Morgan fingerprint density at radius 1 is 1.54 bits per heavy atom.